The number of nitrogens with zero attached hydrogens (tertiary/aromatic N) is 2. The molecule has 37 heavy (non-hydrogen) atoms. The highest BCUT2D eigenvalue weighted by Gasteiger charge is 2.32. The van der Waals surface area contributed by atoms with E-state index in [9.17, 15) is 18.0 Å². The molecule has 0 heterocycles. The maximum atomic E-state index is 13.8. The van der Waals surface area contributed by atoms with Crippen molar-refractivity contribution in [2.75, 3.05) is 10.8 Å². The Kier molecular flexibility index (Phi) is 9.50. The molecule has 0 spiro atoms. The van der Waals surface area contributed by atoms with Crippen LogP contribution in [0.5, 0.6) is 0 Å². The first-order valence-electron chi connectivity index (χ1n) is 12.0. The standard InChI is InChI=1S/C28H32BrN3O4S/c1-20(2)30-28(34)22(4)31(18-23-11-9-8-10-21(23)3)27(33)19-32(25-16-14-24(29)15-17-25)37(35,36)26-12-6-5-7-13-26/h5-17,20,22H,18-19H2,1-4H3,(H,30,34)/t22-/m0/s1. The molecule has 2 amide bonds. The summed E-state index contributed by atoms with van der Waals surface area (Å²) in [5, 5.41) is 2.86. The van der Waals surface area contributed by atoms with Crippen LogP contribution in [-0.2, 0) is 26.2 Å². The van der Waals surface area contributed by atoms with Gasteiger partial charge in [0, 0.05) is 17.1 Å². The first-order valence-corrected chi connectivity index (χ1v) is 14.2. The summed E-state index contributed by atoms with van der Waals surface area (Å²) < 4.78 is 29.3. The van der Waals surface area contributed by atoms with Gasteiger partial charge in [-0.15, -0.1) is 0 Å². The summed E-state index contributed by atoms with van der Waals surface area (Å²) >= 11 is 3.37. The van der Waals surface area contributed by atoms with E-state index >= 15 is 0 Å². The molecule has 0 saturated heterocycles. The van der Waals surface area contributed by atoms with Crippen molar-refractivity contribution >= 4 is 43.5 Å². The monoisotopic (exact) mass is 585 g/mol. The molecule has 0 aromatic heterocycles. The summed E-state index contributed by atoms with van der Waals surface area (Å²) in [5.41, 5.74) is 2.19. The normalized spacial score (nSPS) is 12.2. The first-order chi connectivity index (χ1) is 17.5. The fourth-order valence-corrected chi connectivity index (χ4v) is 5.51. The Labute approximate surface area is 227 Å². The molecule has 3 rings (SSSR count). The number of hydrogen-bond donors (Lipinski definition) is 1. The number of hydrogen-bond acceptors (Lipinski definition) is 4. The molecule has 3 aromatic carbocycles. The number of carbonyl (C=O) groups excluding carboxylic acids is 2. The highest BCUT2D eigenvalue weighted by Crippen LogP contribution is 2.26. The molecular formula is C28H32BrN3O4S. The van der Waals surface area contributed by atoms with Crippen LogP contribution in [-0.4, -0.2) is 43.8 Å². The van der Waals surface area contributed by atoms with E-state index in [0.29, 0.717) is 5.69 Å². The molecular weight excluding hydrogens is 554 g/mol. The van der Waals surface area contributed by atoms with E-state index in [1.807, 2.05) is 45.0 Å². The van der Waals surface area contributed by atoms with Gasteiger partial charge < -0.3 is 10.2 Å². The molecule has 0 unspecified atom stereocenters. The Morgan fingerprint density at radius 3 is 2.08 bits per heavy atom. The third kappa shape index (κ3) is 7.20. The predicted octanol–water partition coefficient (Wildman–Crippen LogP) is 4.89. The number of benzene rings is 3. The van der Waals surface area contributed by atoms with E-state index in [-0.39, 0.29) is 23.4 Å². The molecule has 196 valence electrons. The number of halogens is 1. The van der Waals surface area contributed by atoms with E-state index in [1.54, 1.807) is 49.4 Å². The molecule has 9 heteroatoms. The average Bonchev–Trinajstić information content (AvgIpc) is 2.87. The largest absolute Gasteiger partial charge is 0.352 e. The summed E-state index contributed by atoms with van der Waals surface area (Å²) in [5.74, 6) is -0.796. The van der Waals surface area contributed by atoms with Crippen LogP contribution in [0.3, 0.4) is 0 Å². The predicted molar refractivity (Wildman–Crippen MR) is 150 cm³/mol. The molecule has 0 aliphatic rings. The third-order valence-corrected chi connectivity index (χ3v) is 8.24. The number of anilines is 1. The van der Waals surface area contributed by atoms with Crippen LogP contribution in [0.25, 0.3) is 0 Å². The smallest absolute Gasteiger partial charge is 0.264 e. The number of aryl methyl sites for hydroxylation is 1. The minimum Gasteiger partial charge on any atom is -0.352 e. The second-order valence-electron chi connectivity index (χ2n) is 9.09. The van der Waals surface area contributed by atoms with Crippen LogP contribution < -0.4 is 9.62 Å². The molecule has 0 radical (unpaired) electrons. The van der Waals surface area contributed by atoms with Crippen LogP contribution >= 0.6 is 15.9 Å². The highest BCUT2D eigenvalue weighted by molar-refractivity contribution is 9.10. The van der Waals surface area contributed by atoms with Gasteiger partial charge in [-0.3, -0.25) is 13.9 Å². The van der Waals surface area contributed by atoms with Crippen molar-refractivity contribution in [1.82, 2.24) is 10.2 Å². The maximum Gasteiger partial charge on any atom is 0.264 e. The number of nitrogens with one attached hydrogen (secondary N) is 1. The topological polar surface area (TPSA) is 86.8 Å². The van der Waals surface area contributed by atoms with Crippen LogP contribution in [0.1, 0.15) is 31.9 Å². The average molecular weight is 587 g/mol. The Morgan fingerprint density at radius 1 is 0.892 bits per heavy atom. The molecule has 7 nitrogen and oxygen atoms in total. The van der Waals surface area contributed by atoms with Crippen LogP contribution in [0.15, 0.2) is 88.2 Å². The molecule has 0 aliphatic carbocycles. The van der Waals surface area contributed by atoms with Crippen LogP contribution in [0, 0.1) is 6.92 Å². The van der Waals surface area contributed by atoms with Crippen molar-refractivity contribution in [1.29, 1.82) is 0 Å². The lowest BCUT2D eigenvalue weighted by Crippen LogP contribution is -2.52. The van der Waals surface area contributed by atoms with E-state index in [4.69, 9.17) is 0 Å². The van der Waals surface area contributed by atoms with Gasteiger partial charge >= 0.3 is 0 Å². The third-order valence-electron chi connectivity index (χ3n) is 5.92. The van der Waals surface area contributed by atoms with Crippen molar-refractivity contribution in [3.05, 3.63) is 94.5 Å². The van der Waals surface area contributed by atoms with E-state index in [2.05, 4.69) is 21.2 Å². The summed E-state index contributed by atoms with van der Waals surface area (Å²) in [6.45, 7) is 6.98. The number of carbonyl (C=O) groups is 2. The summed E-state index contributed by atoms with van der Waals surface area (Å²) in [4.78, 5) is 28.3. The van der Waals surface area contributed by atoms with Crippen LogP contribution in [0.4, 0.5) is 5.69 Å². The van der Waals surface area contributed by atoms with E-state index < -0.39 is 28.5 Å². The van der Waals surface area contributed by atoms with Crippen molar-refractivity contribution in [3.63, 3.8) is 0 Å². The Morgan fingerprint density at radius 2 is 1.49 bits per heavy atom. The SMILES string of the molecule is Cc1ccccc1CN(C(=O)CN(c1ccc(Br)cc1)S(=O)(=O)c1ccccc1)[C@@H](C)C(=O)NC(C)C. The van der Waals surface area contributed by atoms with Crippen molar-refractivity contribution in [2.45, 2.75) is 51.2 Å². The molecule has 3 aromatic rings. The van der Waals surface area contributed by atoms with Gasteiger partial charge in [0.15, 0.2) is 0 Å². The lowest BCUT2D eigenvalue weighted by Gasteiger charge is -2.32. The van der Waals surface area contributed by atoms with Gasteiger partial charge in [0.2, 0.25) is 11.8 Å². The number of rotatable bonds is 10. The fourth-order valence-electron chi connectivity index (χ4n) is 3.81. The van der Waals surface area contributed by atoms with Gasteiger partial charge in [0.1, 0.15) is 12.6 Å². The van der Waals surface area contributed by atoms with E-state index in [0.717, 1.165) is 19.9 Å². The second-order valence-corrected chi connectivity index (χ2v) is 11.9. The van der Waals surface area contributed by atoms with Crippen LogP contribution in [0.2, 0.25) is 0 Å². The minimum absolute atomic E-state index is 0.0711. The fraction of sp³-hybridized carbons (Fsp3) is 0.286. The molecule has 0 bridgehead atoms. The number of amides is 2. The highest BCUT2D eigenvalue weighted by atomic mass is 79.9. The first kappa shape index (κ1) is 28.4. The molecule has 0 aliphatic heterocycles. The Hall–Kier alpha value is -3.17. The van der Waals surface area contributed by atoms with E-state index in [1.165, 1.54) is 17.0 Å². The van der Waals surface area contributed by atoms with Gasteiger partial charge in [-0.25, -0.2) is 8.42 Å². The number of sulfonamides is 1. The Bertz CT molecular complexity index is 1330. The van der Waals surface area contributed by atoms with Gasteiger partial charge in [0.25, 0.3) is 10.0 Å². The zero-order valence-corrected chi connectivity index (χ0v) is 23.8. The zero-order chi connectivity index (χ0) is 27.2. The summed E-state index contributed by atoms with van der Waals surface area (Å²) in [6, 6.07) is 21.4. The van der Waals surface area contributed by atoms with Crippen molar-refractivity contribution in [2.24, 2.45) is 0 Å². The summed E-state index contributed by atoms with van der Waals surface area (Å²) in [7, 11) is -4.07. The van der Waals surface area contributed by atoms with Gasteiger partial charge in [0.05, 0.1) is 10.6 Å². The molecule has 1 N–H and O–H groups in total. The lowest BCUT2D eigenvalue weighted by atomic mass is 10.1. The Balaban J connectivity index is 2.02. The lowest BCUT2D eigenvalue weighted by molar-refractivity contribution is -0.139. The minimum atomic E-state index is -4.07. The van der Waals surface area contributed by atoms with Gasteiger partial charge in [-0.05, 0) is 75.2 Å². The van der Waals surface area contributed by atoms with Gasteiger partial charge in [-0.2, -0.15) is 0 Å². The summed E-state index contributed by atoms with van der Waals surface area (Å²) in [6.07, 6.45) is 0. The molecule has 0 saturated carbocycles. The van der Waals surface area contributed by atoms with Crippen molar-refractivity contribution in [3.8, 4) is 0 Å². The maximum absolute atomic E-state index is 13.8. The zero-order valence-electron chi connectivity index (χ0n) is 21.4. The second kappa shape index (κ2) is 12.4. The van der Waals surface area contributed by atoms with Crippen molar-refractivity contribution < 1.29 is 18.0 Å². The quantitative estimate of drug-likeness (QED) is 0.367. The molecule has 1 atom stereocenters. The molecule has 0 fully saturated rings. The van der Waals surface area contributed by atoms with Gasteiger partial charge in [-0.1, -0.05) is 58.4 Å².